The van der Waals surface area contributed by atoms with Crippen LogP contribution in [0.3, 0.4) is 0 Å². The van der Waals surface area contributed by atoms with E-state index in [1.54, 1.807) is 0 Å². The van der Waals surface area contributed by atoms with Crippen molar-refractivity contribution in [2.75, 3.05) is 46.4 Å². The van der Waals surface area contributed by atoms with Crippen molar-refractivity contribution in [2.45, 2.75) is 64.5 Å². The molecule has 0 saturated heterocycles. The monoisotopic (exact) mass is 299 g/mol. The molecule has 1 aliphatic carbocycles. The summed E-state index contributed by atoms with van der Waals surface area (Å²) in [6, 6.07) is 0. The highest BCUT2D eigenvalue weighted by Crippen LogP contribution is 2.34. The molecule has 0 bridgehead atoms. The molecule has 1 fully saturated rings. The van der Waals surface area contributed by atoms with Gasteiger partial charge in [0.15, 0.2) is 0 Å². The van der Waals surface area contributed by atoms with Gasteiger partial charge in [0.2, 0.25) is 0 Å². The second-order valence-corrected chi connectivity index (χ2v) is 6.34. The number of rotatable bonds is 10. The lowest BCUT2D eigenvalue weighted by molar-refractivity contribution is -0.0212. The average Bonchev–Trinajstić information content (AvgIpc) is 2.55. The lowest BCUT2D eigenvalue weighted by atomic mass is 9.78. The Balaban J connectivity index is 2.58. The average molecular weight is 300 g/mol. The van der Waals surface area contributed by atoms with Gasteiger partial charge in [0.1, 0.15) is 0 Å². The van der Waals surface area contributed by atoms with Gasteiger partial charge >= 0.3 is 0 Å². The first-order valence-electron chi connectivity index (χ1n) is 8.86. The normalized spacial score (nSPS) is 26.7. The first kappa shape index (κ1) is 18.9. The zero-order chi connectivity index (χ0) is 15.7. The molecule has 4 heteroatoms. The molecule has 0 heterocycles. The van der Waals surface area contributed by atoms with Gasteiger partial charge in [-0.3, -0.25) is 4.90 Å². The third kappa shape index (κ3) is 5.20. The summed E-state index contributed by atoms with van der Waals surface area (Å²) in [7, 11) is 1.84. The third-order valence-corrected chi connectivity index (χ3v) is 5.34. The second-order valence-electron chi connectivity index (χ2n) is 6.34. The molecule has 0 aliphatic heterocycles. The van der Waals surface area contributed by atoms with Gasteiger partial charge in [-0.05, 0) is 64.8 Å². The van der Waals surface area contributed by atoms with Gasteiger partial charge in [-0.15, -0.1) is 0 Å². The van der Waals surface area contributed by atoms with Gasteiger partial charge in [-0.2, -0.15) is 0 Å². The third-order valence-electron chi connectivity index (χ3n) is 5.34. The minimum atomic E-state index is 0.164. The zero-order valence-electron chi connectivity index (χ0n) is 14.7. The Morgan fingerprint density at radius 2 is 1.86 bits per heavy atom. The first-order valence-corrected chi connectivity index (χ1v) is 8.86. The van der Waals surface area contributed by atoms with Crippen molar-refractivity contribution in [2.24, 2.45) is 5.73 Å². The summed E-state index contributed by atoms with van der Waals surface area (Å²) in [5.74, 6) is 0. The van der Waals surface area contributed by atoms with Crippen LogP contribution in [0.25, 0.3) is 0 Å². The predicted molar refractivity (Wildman–Crippen MR) is 90.7 cm³/mol. The lowest BCUT2D eigenvalue weighted by Gasteiger charge is -2.48. The molecular formula is C17H37N3O. The molecule has 1 aliphatic rings. The summed E-state index contributed by atoms with van der Waals surface area (Å²) in [5, 5.41) is 0. The number of nitrogens with zero attached hydrogens (tertiary/aromatic N) is 2. The number of hydrogen-bond donors (Lipinski definition) is 1. The number of ether oxygens (including phenoxy) is 1. The molecule has 0 aromatic heterocycles. The van der Waals surface area contributed by atoms with E-state index in [-0.39, 0.29) is 5.54 Å². The molecule has 2 atom stereocenters. The van der Waals surface area contributed by atoms with Gasteiger partial charge in [0, 0.05) is 19.2 Å². The highest BCUT2D eigenvalue weighted by molar-refractivity contribution is 4.97. The Kier molecular flexibility index (Phi) is 8.79. The fourth-order valence-electron chi connectivity index (χ4n) is 3.85. The van der Waals surface area contributed by atoms with Crippen LogP contribution in [-0.4, -0.2) is 67.8 Å². The Hall–Kier alpha value is -0.160. The highest BCUT2D eigenvalue weighted by atomic mass is 16.5. The summed E-state index contributed by atoms with van der Waals surface area (Å²) in [4.78, 5) is 5.13. The van der Waals surface area contributed by atoms with Gasteiger partial charge in [0.05, 0.1) is 6.10 Å². The van der Waals surface area contributed by atoms with Crippen molar-refractivity contribution in [1.82, 2.24) is 9.80 Å². The molecule has 0 radical (unpaired) electrons. The molecule has 4 nitrogen and oxygen atoms in total. The Bertz CT molecular complexity index is 271. The number of methoxy groups -OCH3 is 1. The van der Waals surface area contributed by atoms with Crippen molar-refractivity contribution in [3.8, 4) is 0 Å². The molecule has 21 heavy (non-hydrogen) atoms. The van der Waals surface area contributed by atoms with Gasteiger partial charge in [-0.1, -0.05) is 20.8 Å². The summed E-state index contributed by atoms with van der Waals surface area (Å²) in [6.45, 7) is 13.2. The summed E-state index contributed by atoms with van der Waals surface area (Å²) in [5.41, 5.74) is 6.37. The molecule has 2 unspecified atom stereocenters. The maximum atomic E-state index is 6.21. The largest absolute Gasteiger partial charge is 0.381 e. The maximum absolute atomic E-state index is 6.21. The minimum absolute atomic E-state index is 0.164. The number of nitrogens with two attached hydrogens (primary N) is 1. The summed E-state index contributed by atoms with van der Waals surface area (Å²) >= 11 is 0. The summed E-state index contributed by atoms with van der Waals surface area (Å²) in [6.07, 6.45) is 6.37. The fraction of sp³-hybridized carbons (Fsp3) is 1.00. The van der Waals surface area contributed by atoms with Crippen LogP contribution in [0.2, 0.25) is 0 Å². The van der Waals surface area contributed by atoms with E-state index in [1.165, 1.54) is 32.2 Å². The van der Waals surface area contributed by atoms with Crippen molar-refractivity contribution >= 4 is 0 Å². The fourth-order valence-corrected chi connectivity index (χ4v) is 3.85. The molecule has 0 amide bonds. The molecule has 1 saturated carbocycles. The van der Waals surface area contributed by atoms with Crippen LogP contribution < -0.4 is 5.73 Å². The molecular weight excluding hydrogens is 262 g/mol. The molecule has 2 N–H and O–H groups in total. The van der Waals surface area contributed by atoms with Gasteiger partial charge < -0.3 is 15.4 Å². The number of hydrogen-bond acceptors (Lipinski definition) is 4. The quantitative estimate of drug-likeness (QED) is 0.672. The van der Waals surface area contributed by atoms with E-state index in [0.717, 1.165) is 39.1 Å². The summed E-state index contributed by atoms with van der Waals surface area (Å²) < 4.78 is 5.63. The van der Waals surface area contributed by atoms with Gasteiger partial charge in [-0.25, -0.2) is 0 Å². The van der Waals surface area contributed by atoms with Gasteiger partial charge in [0.25, 0.3) is 0 Å². The highest BCUT2D eigenvalue weighted by Gasteiger charge is 2.39. The van der Waals surface area contributed by atoms with Crippen LogP contribution in [0.1, 0.15) is 52.9 Å². The molecule has 126 valence electrons. The maximum Gasteiger partial charge on any atom is 0.0589 e. The Labute approximate surface area is 132 Å². The standard InChI is InChI=1S/C17H37N3O/c1-5-19(6-2)12-9-13-20(7-3)17(15-18)11-8-10-16(14-17)21-4/h16H,5-15,18H2,1-4H3. The van der Waals surface area contributed by atoms with Crippen LogP contribution in [0.4, 0.5) is 0 Å². The lowest BCUT2D eigenvalue weighted by Crippen LogP contribution is -2.57. The van der Waals surface area contributed by atoms with Crippen LogP contribution >= 0.6 is 0 Å². The van der Waals surface area contributed by atoms with Crippen LogP contribution in [-0.2, 0) is 4.74 Å². The molecule has 0 spiro atoms. The topological polar surface area (TPSA) is 41.7 Å². The van der Waals surface area contributed by atoms with Crippen molar-refractivity contribution in [3.05, 3.63) is 0 Å². The number of likely N-dealkylation sites (N-methyl/N-ethyl adjacent to an activating group) is 1. The smallest absolute Gasteiger partial charge is 0.0589 e. The van der Waals surface area contributed by atoms with E-state index in [0.29, 0.717) is 6.10 Å². The first-order chi connectivity index (χ1) is 10.2. The minimum Gasteiger partial charge on any atom is -0.381 e. The van der Waals surface area contributed by atoms with E-state index >= 15 is 0 Å². The molecule has 1 rings (SSSR count). The van der Waals surface area contributed by atoms with Crippen molar-refractivity contribution in [1.29, 1.82) is 0 Å². The zero-order valence-corrected chi connectivity index (χ0v) is 14.7. The van der Waals surface area contributed by atoms with E-state index in [2.05, 4.69) is 30.6 Å². The van der Waals surface area contributed by atoms with E-state index in [9.17, 15) is 0 Å². The Morgan fingerprint density at radius 1 is 1.14 bits per heavy atom. The van der Waals surface area contributed by atoms with E-state index in [1.807, 2.05) is 7.11 Å². The predicted octanol–water partition coefficient (Wildman–Crippen LogP) is 2.33. The van der Waals surface area contributed by atoms with Crippen LogP contribution in [0, 0.1) is 0 Å². The molecule has 0 aromatic rings. The van der Waals surface area contributed by atoms with E-state index < -0.39 is 0 Å². The SMILES string of the molecule is CCN(CC)CCCN(CC)C1(CN)CCCC(OC)C1. The second kappa shape index (κ2) is 9.78. The van der Waals surface area contributed by atoms with Crippen LogP contribution in [0.5, 0.6) is 0 Å². The van der Waals surface area contributed by atoms with Crippen LogP contribution in [0.15, 0.2) is 0 Å². The Morgan fingerprint density at radius 3 is 2.38 bits per heavy atom. The van der Waals surface area contributed by atoms with E-state index in [4.69, 9.17) is 10.5 Å². The molecule has 0 aromatic carbocycles. The van der Waals surface area contributed by atoms with Crippen molar-refractivity contribution in [3.63, 3.8) is 0 Å². The van der Waals surface area contributed by atoms with Crippen molar-refractivity contribution < 1.29 is 4.74 Å².